The van der Waals surface area contributed by atoms with E-state index in [9.17, 15) is 9.59 Å². The van der Waals surface area contributed by atoms with Gasteiger partial charge >= 0.3 is 0 Å². The van der Waals surface area contributed by atoms with Crippen molar-refractivity contribution in [3.05, 3.63) is 53.4 Å². The average Bonchev–Trinajstić information content (AvgIpc) is 3.05. The summed E-state index contributed by atoms with van der Waals surface area (Å²) < 4.78 is 10.4. The number of halogens is 1. The van der Waals surface area contributed by atoms with Gasteiger partial charge < -0.3 is 19.8 Å². The van der Waals surface area contributed by atoms with Crippen LogP contribution in [0.4, 0.5) is 0 Å². The van der Waals surface area contributed by atoms with Crippen LogP contribution in [0.1, 0.15) is 12.7 Å². The van der Waals surface area contributed by atoms with Gasteiger partial charge in [0.05, 0.1) is 12.8 Å². The first-order valence-corrected chi connectivity index (χ1v) is 7.40. The predicted octanol–water partition coefficient (Wildman–Crippen LogP) is 2.13. The van der Waals surface area contributed by atoms with E-state index in [1.165, 1.54) is 6.26 Å². The first-order chi connectivity index (χ1) is 11.0. The molecule has 1 atom stereocenters. The molecule has 1 heterocycles. The molecule has 23 heavy (non-hydrogen) atoms. The Balaban J connectivity index is 1.71. The monoisotopic (exact) mass is 336 g/mol. The summed E-state index contributed by atoms with van der Waals surface area (Å²) in [4.78, 5) is 23.6. The van der Waals surface area contributed by atoms with Crippen LogP contribution in [0.15, 0.2) is 47.1 Å². The number of amides is 2. The molecule has 0 unspecified atom stereocenters. The van der Waals surface area contributed by atoms with Crippen molar-refractivity contribution in [1.29, 1.82) is 0 Å². The van der Waals surface area contributed by atoms with Gasteiger partial charge in [-0.3, -0.25) is 9.59 Å². The van der Waals surface area contributed by atoms with Crippen molar-refractivity contribution < 1.29 is 18.7 Å². The van der Waals surface area contributed by atoms with E-state index < -0.39 is 6.04 Å². The van der Waals surface area contributed by atoms with Crippen LogP contribution < -0.4 is 15.4 Å². The van der Waals surface area contributed by atoms with Crippen molar-refractivity contribution in [3.63, 3.8) is 0 Å². The molecule has 0 aliphatic rings. The van der Waals surface area contributed by atoms with Crippen molar-refractivity contribution >= 4 is 23.4 Å². The van der Waals surface area contributed by atoms with E-state index in [4.69, 9.17) is 20.8 Å². The number of rotatable bonds is 7. The third-order valence-corrected chi connectivity index (χ3v) is 3.22. The molecule has 0 bridgehead atoms. The Kier molecular flexibility index (Phi) is 6.05. The summed E-state index contributed by atoms with van der Waals surface area (Å²) in [5.74, 6) is 0.476. The van der Waals surface area contributed by atoms with Gasteiger partial charge in [-0.2, -0.15) is 0 Å². The number of benzene rings is 1. The maximum Gasteiger partial charge on any atom is 0.258 e. The number of hydrogen-bond donors (Lipinski definition) is 2. The second-order valence-corrected chi connectivity index (χ2v) is 5.27. The second kappa shape index (κ2) is 8.24. The van der Waals surface area contributed by atoms with Crippen LogP contribution in [0, 0.1) is 0 Å². The number of carbonyl (C=O) groups excluding carboxylic acids is 2. The van der Waals surface area contributed by atoms with Crippen LogP contribution in [0.5, 0.6) is 5.75 Å². The van der Waals surface area contributed by atoms with E-state index in [1.54, 1.807) is 43.3 Å². The van der Waals surface area contributed by atoms with E-state index in [2.05, 4.69) is 10.6 Å². The lowest BCUT2D eigenvalue weighted by molar-refractivity contribution is -0.129. The maximum atomic E-state index is 11.9. The van der Waals surface area contributed by atoms with E-state index in [0.29, 0.717) is 16.5 Å². The van der Waals surface area contributed by atoms with Gasteiger partial charge in [-0.15, -0.1) is 0 Å². The lowest BCUT2D eigenvalue weighted by atomic mass is 10.3. The molecule has 2 N–H and O–H groups in total. The fourth-order valence-corrected chi connectivity index (χ4v) is 1.89. The molecule has 2 rings (SSSR count). The van der Waals surface area contributed by atoms with Crippen LogP contribution in [0.2, 0.25) is 5.02 Å². The lowest BCUT2D eigenvalue weighted by Crippen LogP contribution is -2.46. The minimum Gasteiger partial charge on any atom is -0.484 e. The maximum absolute atomic E-state index is 11.9. The SMILES string of the molecule is C[C@@H](NC(=O)COc1ccc(Cl)cc1)C(=O)NCc1ccco1. The number of furan rings is 1. The standard InChI is InChI=1S/C16H17ClN2O4/c1-11(16(21)18-9-14-3-2-8-22-14)19-15(20)10-23-13-6-4-12(17)5-7-13/h2-8,11H,9-10H2,1H3,(H,18,21)(H,19,20)/t11-/m1/s1. The zero-order valence-electron chi connectivity index (χ0n) is 12.5. The first-order valence-electron chi connectivity index (χ1n) is 7.02. The van der Waals surface area contributed by atoms with Crippen LogP contribution >= 0.6 is 11.6 Å². The number of ether oxygens (including phenoxy) is 1. The Morgan fingerprint density at radius 2 is 2.00 bits per heavy atom. The van der Waals surface area contributed by atoms with Crippen molar-refractivity contribution in [2.45, 2.75) is 19.5 Å². The zero-order valence-corrected chi connectivity index (χ0v) is 13.3. The van der Waals surface area contributed by atoms with Crippen molar-refractivity contribution in [3.8, 4) is 5.75 Å². The number of carbonyl (C=O) groups is 2. The van der Waals surface area contributed by atoms with Crippen molar-refractivity contribution in [1.82, 2.24) is 10.6 Å². The number of hydrogen-bond acceptors (Lipinski definition) is 4. The van der Waals surface area contributed by atoms with E-state index in [1.807, 2.05) is 0 Å². The Morgan fingerprint density at radius 3 is 2.65 bits per heavy atom. The Labute approximate surface area is 138 Å². The number of nitrogens with one attached hydrogen (secondary N) is 2. The fourth-order valence-electron chi connectivity index (χ4n) is 1.77. The van der Waals surface area contributed by atoms with Gasteiger partial charge in [0.2, 0.25) is 5.91 Å². The molecular weight excluding hydrogens is 320 g/mol. The van der Waals surface area contributed by atoms with Crippen LogP contribution in [-0.4, -0.2) is 24.5 Å². The van der Waals surface area contributed by atoms with Crippen molar-refractivity contribution in [2.75, 3.05) is 6.61 Å². The van der Waals surface area contributed by atoms with Crippen LogP contribution in [0.25, 0.3) is 0 Å². The molecule has 1 aromatic carbocycles. The summed E-state index contributed by atoms with van der Waals surface area (Å²) in [5, 5.41) is 5.81. The highest BCUT2D eigenvalue weighted by molar-refractivity contribution is 6.30. The molecule has 2 aromatic rings. The highest BCUT2D eigenvalue weighted by atomic mass is 35.5. The van der Waals surface area contributed by atoms with E-state index >= 15 is 0 Å². The van der Waals surface area contributed by atoms with Crippen molar-refractivity contribution in [2.24, 2.45) is 0 Å². The van der Waals surface area contributed by atoms with E-state index in [0.717, 1.165) is 0 Å². The van der Waals surface area contributed by atoms with Crippen LogP contribution in [-0.2, 0) is 16.1 Å². The lowest BCUT2D eigenvalue weighted by Gasteiger charge is -2.14. The third kappa shape index (κ3) is 5.67. The molecule has 0 aliphatic heterocycles. The summed E-state index contributed by atoms with van der Waals surface area (Å²) in [6.45, 7) is 1.68. The first kappa shape index (κ1) is 16.9. The Hall–Kier alpha value is -2.47. The predicted molar refractivity (Wildman–Crippen MR) is 85.1 cm³/mol. The molecule has 0 fully saturated rings. The molecule has 0 radical (unpaired) electrons. The molecule has 0 saturated heterocycles. The topological polar surface area (TPSA) is 80.6 Å². The summed E-state index contributed by atoms with van der Waals surface area (Å²) in [6.07, 6.45) is 1.53. The minimum atomic E-state index is -0.675. The zero-order chi connectivity index (χ0) is 16.7. The summed E-state index contributed by atoms with van der Waals surface area (Å²) in [6, 6.07) is 9.47. The van der Waals surface area contributed by atoms with Gasteiger partial charge in [0.25, 0.3) is 5.91 Å². The Bertz CT molecular complexity index is 641. The molecule has 122 valence electrons. The summed E-state index contributed by atoms with van der Waals surface area (Å²) in [5.41, 5.74) is 0. The highest BCUT2D eigenvalue weighted by Gasteiger charge is 2.15. The molecule has 0 saturated carbocycles. The molecule has 7 heteroatoms. The van der Waals surface area contributed by atoms with Gasteiger partial charge in [0, 0.05) is 5.02 Å². The molecular formula is C16H17ClN2O4. The molecule has 6 nitrogen and oxygen atoms in total. The summed E-state index contributed by atoms with van der Waals surface area (Å²) >= 11 is 5.76. The molecule has 2 amide bonds. The fraction of sp³-hybridized carbons (Fsp3) is 0.250. The third-order valence-electron chi connectivity index (χ3n) is 2.97. The quantitative estimate of drug-likeness (QED) is 0.811. The Morgan fingerprint density at radius 1 is 1.26 bits per heavy atom. The summed E-state index contributed by atoms with van der Waals surface area (Å²) in [7, 11) is 0. The molecule has 0 aliphatic carbocycles. The van der Waals surface area contributed by atoms with E-state index in [-0.39, 0.29) is 25.0 Å². The molecule has 0 spiro atoms. The highest BCUT2D eigenvalue weighted by Crippen LogP contribution is 2.15. The van der Waals surface area contributed by atoms with Gasteiger partial charge in [-0.1, -0.05) is 11.6 Å². The van der Waals surface area contributed by atoms with Gasteiger partial charge in [0.1, 0.15) is 17.6 Å². The van der Waals surface area contributed by atoms with Gasteiger partial charge in [0.15, 0.2) is 6.61 Å². The minimum absolute atomic E-state index is 0.183. The normalized spacial score (nSPS) is 11.6. The van der Waals surface area contributed by atoms with Gasteiger partial charge in [-0.05, 0) is 43.3 Å². The average molecular weight is 337 g/mol. The smallest absolute Gasteiger partial charge is 0.258 e. The molecule has 1 aromatic heterocycles. The second-order valence-electron chi connectivity index (χ2n) is 4.83. The van der Waals surface area contributed by atoms with Gasteiger partial charge in [-0.25, -0.2) is 0 Å². The largest absolute Gasteiger partial charge is 0.484 e. The van der Waals surface area contributed by atoms with Crippen LogP contribution in [0.3, 0.4) is 0 Å².